The minimum atomic E-state index is -0.307. The van der Waals surface area contributed by atoms with E-state index in [-0.39, 0.29) is 11.6 Å². The molecule has 3 aromatic rings. The summed E-state index contributed by atoms with van der Waals surface area (Å²) in [6.07, 6.45) is 4.59. The fourth-order valence-electron chi connectivity index (χ4n) is 1.95. The quantitative estimate of drug-likeness (QED) is 0.675. The molecule has 3 aromatic heterocycles. The molecule has 8 heteroatoms. The van der Waals surface area contributed by atoms with Crippen molar-refractivity contribution in [1.29, 1.82) is 0 Å². The summed E-state index contributed by atoms with van der Waals surface area (Å²) in [6, 6.07) is 12.8. The maximum absolute atomic E-state index is 5.87. The summed E-state index contributed by atoms with van der Waals surface area (Å²) in [5.41, 5.74) is 0.806. The van der Waals surface area contributed by atoms with Crippen molar-refractivity contribution in [3.63, 3.8) is 0 Å². The first kappa shape index (κ1) is 17.9. The van der Waals surface area contributed by atoms with Gasteiger partial charge in [0.2, 0.25) is 0 Å². The van der Waals surface area contributed by atoms with E-state index in [1.54, 1.807) is 42.9 Å². The molecule has 0 fully saturated rings. The van der Waals surface area contributed by atoms with Crippen molar-refractivity contribution in [2.45, 2.75) is 6.17 Å². The third-order valence-corrected chi connectivity index (χ3v) is 3.47. The van der Waals surface area contributed by atoms with Gasteiger partial charge in [-0.15, -0.1) is 0 Å². The molecule has 3 rings (SSSR count). The lowest BCUT2D eigenvalue weighted by Crippen LogP contribution is -2.22. The van der Waals surface area contributed by atoms with Crippen molar-refractivity contribution in [3.05, 3.63) is 76.8 Å². The van der Waals surface area contributed by atoms with Crippen LogP contribution < -0.4 is 10.6 Å². The Labute approximate surface area is 149 Å². The average molecular weight is 364 g/mol. The van der Waals surface area contributed by atoms with E-state index >= 15 is 0 Å². The summed E-state index contributed by atoms with van der Waals surface area (Å²) >= 11 is 11.7. The minimum Gasteiger partial charge on any atom is -0.412 e. The Bertz CT molecular complexity index is 706. The number of anilines is 2. The van der Waals surface area contributed by atoms with Crippen LogP contribution in [0.25, 0.3) is 0 Å². The van der Waals surface area contributed by atoms with Crippen LogP contribution in [0.4, 0.5) is 11.6 Å². The Hall–Kier alpha value is -2.41. The summed E-state index contributed by atoms with van der Waals surface area (Å²) in [7, 11) is 0. The highest BCUT2D eigenvalue weighted by Crippen LogP contribution is 2.20. The molecule has 0 aliphatic carbocycles. The van der Waals surface area contributed by atoms with Crippen LogP contribution in [0.2, 0.25) is 10.0 Å². The van der Waals surface area contributed by atoms with Gasteiger partial charge >= 0.3 is 0 Å². The van der Waals surface area contributed by atoms with E-state index in [1.807, 2.05) is 18.2 Å². The molecule has 3 heterocycles. The van der Waals surface area contributed by atoms with Gasteiger partial charge in [-0.05, 0) is 36.4 Å². The zero-order chi connectivity index (χ0) is 16.1. The van der Waals surface area contributed by atoms with Crippen LogP contribution in [0.15, 0.2) is 61.1 Å². The summed E-state index contributed by atoms with van der Waals surface area (Å²) in [5.74, 6) is 1.35. The maximum atomic E-state index is 5.87. The molecule has 0 aromatic carbocycles. The molecule has 0 saturated heterocycles. The summed E-state index contributed by atoms with van der Waals surface area (Å²) < 4.78 is 0. The molecule has 0 aliphatic heterocycles. The lowest BCUT2D eigenvalue weighted by atomic mass is 10.2. The number of hydrogen-bond acceptors (Lipinski definition) is 5. The van der Waals surface area contributed by atoms with E-state index in [9.17, 15) is 0 Å². The van der Waals surface area contributed by atoms with Crippen molar-refractivity contribution >= 4 is 34.8 Å². The first-order chi connectivity index (χ1) is 11.2. The highest BCUT2D eigenvalue weighted by molar-refractivity contribution is 6.30. The molecule has 24 heavy (non-hydrogen) atoms. The normalized spacial score (nSPS) is 10.1. The van der Waals surface area contributed by atoms with Crippen LogP contribution in [0.5, 0.6) is 0 Å². The second-order valence-corrected chi connectivity index (χ2v) is 5.57. The Morgan fingerprint density at radius 1 is 0.750 bits per heavy atom. The second kappa shape index (κ2) is 8.44. The fraction of sp³-hybridized carbons (Fsp3) is 0.0625. The van der Waals surface area contributed by atoms with Crippen LogP contribution in [0.1, 0.15) is 11.9 Å². The van der Waals surface area contributed by atoms with Crippen molar-refractivity contribution in [2.75, 3.05) is 10.6 Å². The first-order valence-corrected chi connectivity index (χ1v) is 7.63. The smallest absolute Gasteiger partial charge is 0.143 e. The van der Waals surface area contributed by atoms with Gasteiger partial charge in [0, 0.05) is 18.6 Å². The lowest BCUT2D eigenvalue weighted by molar-refractivity contribution is 0.824. The molecule has 0 unspecified atom stereocenters. The van der Waals surface area contributed by atoms with Gasteiger partial charge in [0.25, 0.3) is 0 Å². The number of hydrogen-bond donors (Lipinski definition) is 2. The largest absolute Gasteiger partial charge is 0.412 e. The van der Waals surface area contributed by atoms with Crippen LogP contribution in [-0.4, -0.2) is 20.4 Å². The summed E-state index contributed by atoms with van der Waals surface area (Å²) in [5, 5.41) is 7.70. The van der Waals surface area contributed by atoms with Crippen LogP contribution in [-0.2, 0) is 0 Å². The average Bonchev–Trinajstić information content (AvgIpc) is 2.59. The van der Waals surface area contributed by atoms with Crippen LogP contribution in [0, 0.1) is 0 Å². The Morgan fingerprint density at radius 2 is 1.33 bits per heavy atom. The predicted molar refractivity (Wildman–Crippen MR) is 96.3 cm³/mol. The maximum Gasteiger partial charge on any atom is 0.143 e. The third-order valence-electron chi connectivity index (χ3n) is 3.02. The van der Waals surface area contributed by atoms with Gasteiger partial charge in [-0.3, -0.25) is 4.98 Å². The molecule has 124 valence electrons. The standard InChI is InChI=1S/C16H13Cl2N5.H2O/c17-11-4-6-14(20-9-11)22-16(13-3-1-2-8-19-13)23-15-7-5-12(18)10-21-15;/h1-10,16H,(H,20,22)(H,21,23);1H2. The monoisotopic (exact) mass is 363 g/mol. The van der Waals surface area contributed by atoms with E-state index in [4.69, 9.17) is 23.2 Å². The first-order valence-electron chi connectivity index (χ1n) is 6.88. The number of nitrogens with one attached hydrogen (secondary N) is 2. The Morgan fingerprint density at radius 3 is 1.75 bits per heavy atom. The van der Waals surface area contributed by atoms with E-state index in [2.05, 4.69) is 25.6 Å². The van der Waals surface area contributed by atoms with Crippen LogP contribution >= 0.6 is 23.2 Å². The van der Waals surface area contributed by atoms with Gasteiger partial charge in [-0.25, -0.2) is 9.97 Å². The van der Waals surface area contributed by atoms with Crippen LogP contribution in [0.3, 0.4) is 0 Å². The second-order valence-electron chi connectivity index (χ2n) is 4.70. The molecule has 4 N–H and O–H groups in total. The van der Waals surface area contributed by atoms with Gasteiger partial charge in [-0.1, -0.05) is 29.3 Å². The highest BCUT2D eigenvalue weighted by Gasteiger charge is 2.13. The molecule has 0 saturated carbocycles. The fourth-order valence-corrected chi connectivity index (χ4v) is 2.17. The SMILES string of the molecule is Clc1ccc(NC(Nc2ccc(Cl)cn2)c2ccccn2)nc1.O. The molecule has 0 atom stereocenters. The van der Waals surface area contributed by atoms with Gasteiger partial charge in [0.15, 0.2) is 0 Å². The molecule has 6 nitrogen and oxygen atoms in total. The van der Waals surface area contributed by atoms with E-state index in [0.29, 0.717) is 21.7 Å². The van der Waals surface area contributed by atoms with Crippen molar-refractivity contribution in [3.8, 4) is 0 Å². The highest BCUT2D eigenvalue weighted by atomic mass is 35.5. The van der Waals surface area contributed by atoms with Crippen molar-refractivity contribution < 1.29 is 5.48 Å². The van der Waals surface area contributed by atoms with Gasteiger partial charge in [-0.2, -0.15) is 0 Å². The molecular weight excluding hydrogens is 349 g/mol. The van der Waals surface area contributed by atoms with Gasteiger partial charge in [0.1, 0.15) is 17.8 Å². The van der Waals surface area contributed by atoms with E-state index < -0.39 is 0 Å². The minimum absolute atomic E-state index is 0. The van der Waals surface area contributed by atoms with Gasteiger partial charge < -0.3 is 16.1 Å². The summed E-state index contributed by atoms with van der Waals surface area (Å²) in [6.45, 7) is 0. The molecule has 0 amide bonds. The third kappa shape index (κ3) is 4.79. The van der Waals surface area contributed by atoms with Crippen molar-refractivity contribution in [1.82, 2.24) is 15.0 Å². The molecule has 0 radical (unpaired) electrons. The number of pyridine rings is 3. The zero-order valence-electron chi connectivity index (χ0n) is 12.4. The topological polar surface area (TPSA) is 94.2 Å². The van der Waals surface area contributed by atoms with Gasteiger partial charge in [0.05, 0.1) is 15.7 Å². The molecule has 0 spiro atoms. The number of nitrogens with zero attached hydrogens (tertiary/aromatic N) is 3. The summed E-state index contributed by atoms with van der Waals surface area (Å²) in [4.78, 5) is 12.9. The van der Waals surface area contributed by atoms with E-state index in [0.717, 1.165) is 5.69 Å². The molecular formula is C16H15Cl2N5O. The van der Waals surface area contributed by atoms with Crippen molar-refractivity contribution in [2.24, 2.45) is 0 Å². The number of halogens is 2. The predicted octanol–water partition coefficient (Wildman–Crippen LogP) is 3.58. The Kier molecular flexibility index (Phi) is 6.31. The Balaban J connectivity index is 0.00000208. The van der Waals surface area contributed by atoms with E-state index in [1.165, 1.54) is 0 Å². The zero-order valence-corrected chi connectivity index (χ0v) is 14.0. The molecule has 0 aliphatic rings. The number of aromatic nitrogens is 3. The molecule has 0 bridgehead atoms. The lowest BCUT2D eigenvalue weighted by Gasteiger charge is -2.20. The number of rotatable bonds is 5.